The van der Waals surface area contributed by atoms with E-state index in [1.165, 1.54) is 6.20 Å². The van der Waals surface area contributed by atoms with Crippen molar-refractivity contribution in [3.05, 3.63) is 32.7 Å². The van der Waals surface area contributed by atoms with Crippen LogP contribution in [0.1, 0.15) is 30.3 Å². The Bertz CT molecular complexity index is 634. The summed E-state index contributed by atoms with van der Waals surface area (Å²) in [5, 5.41) is 2.64. The van der Waals surface area contributed by atoms with E-state index < -0.39 is 17.2 Å². The largest absolute Gasteiger partial charge is 0.442 e. The van der Waals surface area contributed by atoms with Crippen LogP contribution in [0.2, 0.25) is 0 Å². The van der Waals surface area contributed by atoms with Crippen molar-refractivity contribution < 1.29 is 13.7 Å². The van der Waals surface area contributed by atoms with E-state index in [1.54, 1.807) is 0 Å². The number of carbonyl (C=O) groups is 1. The number of fused-ring (bicyclic) bond motifs is 1. The lowest BCUT2D eigenvalue weighted by Crippen LogP contribution is -2.24. The third-order valence-electron chi connectivity index (χ3n) is 2.22. The first-order valence-corrected chi connectivity index (χ1v) is 5.44. The summed E-state index contributed by atoms with van der Waals surface area (Å²) in [6.45, 7) is 2.53. The molecule has 8 heteroatoms. The van der Waals surface area contributed by atoms with Crippen molar-refractivity contribution in [2.24, 2.45) is 0 Å². The predicted octanol–water partition coefficient (Wildman–Crippen LogP) is -0.229. The molecule has 0 aromatic carbocycles. The molecule has 1 amide bonds. The van der Waals surface area contributed by atoms with Gasteiger partial charge in [0.2, 0.25) is 0 Å². The Hall–Kier alpha value is -2.38. The van der Waals surface area contributed by atoms with Crippen LogP contribution in [0.4, 0.5) is 0 Å². The van der Waals surface area contributed by atoms with Crippen LogP contribution in [0.3, 0.4) is 0 Å². The summed E-state index contributed by atoms with van der Waals surface area (Å²) in [5.74, 6) is -0.655. The number of aromatic nitrogens is 2. The van der Waals surface area contributed by atoms with Crippen LogP contribution in [-0.4, -0.2) is 22.0 Å². The highest BCUT2D eigenvalue weighted by atomic mass is 16.6. The quantitative estimate of drug-likeness (QED) is 0.595. The minimum Gasteiger partial charge on any atom is -0.381 e. The fraction of sp³-hybridized carbons (Fsp3) is 0.400. The summed E-state index contributed by atoms with van der Waals surface area (Å²) < 4.78 is 9.97. The number of nitrogens with one attached hydrogen (secondary N) is 1. The topological polar surface area (TPSA) is 107 Å². The molecule has 0 saturated carbocycles. The molecular weight excluding hydrogens is 242 g/mol. The highest BCUT2D eigenvalue weighted by Crippen LogP contribution is 2.01. The lowest BCUT2D eigenvalue weighted by atomic mass is 10.3. The summed E-state index contributed by atoms with van der Waals surface area (Å²) in [5.41, 5.74) is -2.30. The van der Waals surface area contributed by atoms with E-state index in [1.807, 2.05) is 6.92 Å². The van der Waals surface area contributed by atoms with Crippen molar-refractivity contribution in [2.75, 3.05) is 6.54 Å². The van der Waals surface area contributed by atoms with Crippen molar-refractivity contribution in [2.45, 2.75) is 19.8 Å². The van der Waals surface area contributed by atoms with Gasteiger partial charge in [-0.2, -0.15) is 4.98 Å². The van der Waals surface area contributed by atoms with Gasteiger partial charge in [-0.05, 0) is 6.42 Å². The molecule has 0 saturated heterocycles. The van der Waals surface area contributed by atoms with Gasteiger partial charge in [0.25, 0.3) is 5.91 Å². The molecule has 2 heterocycles. The van der Waals surface area contributed by atoms with Crippen LogP contribution in [0, 0.1) is 0 Å². The van der Waals surface area contributed by atoms with Crippen LogP contribution in [-0.2, 0) is 0 Å². The molecule has 0 atom stereocenters. The molecule has 1 N–H and O–H groups in total. The summed E-state index contributed by atoms with van der Waals surface area (Å²) in [4.78, 5) is 37.2. The minimum atomic E-state index is -1.16. The number of nitrogens with zero attached hydrogens (tertiary/aromatic N) is 2. The maximum atomic E-state index is 11.6. The second-order valence-corrected chi connectivity index (χ2v) is 3.61. The maximum absolute atomic E-state index is 11.6. The predicted molar refractivity (Wildman–Crippen MR) is 59.5 cm³/mol. The molecule has 0 aliphatic carbocycles. The minimum absolute atomic E-state index is 0.0172. The molecular formula is C10H11N3O5. The summed E-state index contributed by atoms with van der Waals surface area (Å²) in [6.07, 6.45) is 2.99. The van der Waals surface area contributed by atoms with Gasteiger partial charge < -0.3 is 14.3 Å². The molecule has 0 unspecified atom stereocenters. The lowest BCUT2D eigenvalue weighted by molar-refractivity contribution is 0.0948. The molecule has 0 spiro atoms. The summed E-state index contributed by atoms with van der Waals surface area (Å²) in [6, 6.07) is 0. The number of hydrogen-bond donors (Lipinski definition) is 1. The van der Waals surface area contributed by atoms with Crippen molar-refractivity contribution in [1.29, 1.82) is 0 Å². The molecule has 0 fully saturated rings. The second-order valence-electron chi connectivity index (χ2n) is 3.61. The number of carbonyl (C=O) groups excluding carboxylic acids is 1. The normalized spacial score (nSPS) is 10.7. The molecule has 18 heavy (non-hydrogen) atoms. The van der Waals surface area contributed by atoms with Crippen molar-refractivity contribution in [3.63, 3.8) is 0 Å². The average molecular weight is 253 g/mol. The Balaban J connectivity index is 2.27. The van der Waals surface area contributed by atoms with Crippen LogP contribution < -0.4 is 16.6 Å². The van der Waals surface area contributed by atoms with Gasteiger partial charge >= 0.3 is 17.1 Å². The van der Waals surface area contributed by atoms with Crippen molar-refractivity contribution in [1.82, 2.24) is 14.9 Å². The number of hydrogen-bond acceptors (Lipinski definition) is 6. The second kappa shape index (κ2) is 4.86. The van der Waals surface area contributed by atoms with Gasteiger partial charge in [0.1, 0.15) is 0 Å². The Kier molecular flexibility index (Phi) is 3.26. The average Bonchev–Trinajstić information content (AvgIpc) is 2.73. The Morgan fingerprint density at radius 3 is 2.94 bits per heavy atom. The van der Waals surface area contributed by atoms with Crippen LogP contribution in [0.5, 0.6) is 0 Å². The van der Waals surface area contributed by atoms with Crippen molar-refractivity contribution >= 4 is 11.8 Å². The highest BCUT2D eigenvalue weighted by Gasteiger charge is 2.14. The fourth-order valence-corrected chi connectivity index (χ4v) is 1.31. The third-order valence-corrected chi connectivity index (χ3v) is 2.22. The van der Waals surface area contributed by atoms with Crippen LogP contribution in [0.25, 0.3) is 5.84 Å². The van der Waals surface area contributed by atoms with E-state index in [0.717, 1.165) is 17.4 Å². The van der Waals surface area contributed by atoms with E-state index in [2.05, 4.69) is 19.2 Å². The number of amides is 1. The maximum Gasteiger partial charge on any atom is 0.442 e. The van der Waals surface area contributed by atoms with Crippen LogP contribution >= 0.6 is 0 Å². The fourth-order valence-electron chi connectivity index (χ4n) is 1.31. The first kappa shape index (κ1) is 12.1. The van der Waals surface area contributed by atoms with Gasteiger partial charge in [-0.25, -0.2) is 9.59 Å². The molecule has 96 valence electrons. The first-order chi connectivity index (χ1) is 8.61. The Morgan fingerprint density at radius 1 is 1.44 bits per heavy atom. The molecule has 0 bridgehead atoms. The van der Waals surface area contributed by atoms with E-state index in [-0.39, 0.29) is 11.5 Å². The van der Waals surface area contributed by atoms with E-state index in [0.29, 0.717) is 6.54 Å². The molecule has 2 aromatic rings. The molecule has 0 aliphatic rings. The summed E-state index contributed by atoms with van der Waals surface area (Å²) >= 11 is 0. The third kappa shape index (κ3) is 2.31. The molecule has 0 aliphatic heterocycles. The number of rotatable bonds is 4. The number of imidazole rings is 1. The van der Waals surface area contributed by atoms with E-state index in [4.69, 9.17) is 0 Å². The Labute approximate surface area is 100 Å². The van der Waals surface area contributed by atoms with E-state index in [9.17, 15) is 14.4 Å². The zero-order chi connectivity index (χ0) is 13.1. The summed E-state index contributed by atoms with van der Waals surface area (Å²) in [7, 11) is 0. The van der Waals surface area contributed by atoms with Gasteiger partial charge in [0.05, 0.1) is 6.20 Å². The molecule has 0 radical (unpaired) electrons. The zero-order valence-electron chi connectivity index (χ0n) is 9.63. The van der Waals surface area contributed by atoms with Gasteiger partial charge in [-0.3, -0.25) is 4.79 Å². The standard InChI is InChI=1S/C10H11N3O5/c1-2-3-4-11-7(14)6-5-13-10(12-6)17-8(15)9(16)18-13/h5H,2-4H2,1H3,(H,11,14). The SMILES string of the molecule is CCCCNC(=O)c1cn2oc(=O)c(=O)oc2n1. The molecule has 2 aromatic heterocycles. The van der Waals surface area contributed by atoms with Crippen molar-refractivity contribution in [3.8, 4) is 0 Å². The van der Waals surface area contributed by atoms with Gasteiger partial charge in [-0.1, -0.05) is 13.3 Å². The highest BCUT2D eigenvalue weighted by molar-refractivity contribution is 5.92. The monoisotopic (exact) mass is 253 g/mol. The van der Waals surface area contributed by atoms with Gasteiger partial charge in [0, 0.05) is 6.54 Å². The number of unbranched alkanes of at least 4 members (excludes halogenated alkanes) is 1. The zero-order valence-corrected chi connectivity index (χ0v) is 9.63. The first-order valence-electron chi connectivity index (χ1n) is 5.44. The van der Waals surface area contributed by atoms with Crippen LogP contribution in [0.15, 0.2) is 24.7 Å². The molecule has 8 nitrogen and oxygen atoms in total. The smallest absolute Gasteiger partial charge is 0.381 e. The van der Waals surface area contributed by atoms with Gasteiger partial charge in [-0.15, -0.1) is 4.57 Å². The van der Waals surface area contributed by atoms with E-state index >= 15 is 0 Å². The molecule has 2 rings (SSSR count). The lowest BCUT2D eigenvalue weighted by Gasteiger charge is -1.99. The van der Waals surface area contributed by atoms with Gasteiger partial charge in [0.15, 0.2) is 5.69 Å². The Morgan fingerprint density at radius 2 is 2.22 bits per heavy atom.